The Labute approximate surface area is 122 Å². The molecular weight excluding hydrogens is 339 g/mol. The van der Waals surface area contributed by atoms with Gasteiger partial charge in [0.2, 0.25) is 0 Å². The number of carbonyl (C=O) groups excluding carboxylic acids is 1. The fraction of sp³-hybridized carbons (Fsp3) is 0.500. The van der Waals surface area contributed by atoms with Crippen LogP contribution in [0.15, 0.2) is 24.3 Å². The first kappa shape index (κ1) is 13.8. The van der Waals surface area contributed by atoms with Crippen molar-refractivity contribution in [1.82, 2.24) is 4.90 Å². The second kappa shape index (κ2) is 6.02. The smallest absolute Gasteiger partial charge is 0.254 e. The van der Waals surface area contributed by atoms with Crippen LogP contribution in [0, 0.1) is 9.49 Å². The first-order chi connectivity index (χ1) is 8.61. The molecule has 3 nitrogen and oxygen atoms in total. The van der Waals surface area contributed by atoms with Gasteiger partial charge in [-0.15, -0.1) is 0 Å². The zero-order valence-electron chi connectivity index (χ0n) is 10.6. The van der Waals surface area contributed by atoms with Crippen molar-refractivity contribution in [3.05, 3.63) is 33.4 Å². The van der Waals surface area contributed by atoms with E-state index in [4.69, 9.17) is 5.73 Å². The molecule has 1 heterocycles. The fourth-order valence-electron chi connectivity index (χ4n) is 2.42. The summed E-state index contributed by atoms with van der Waals surface area (Å²) in [6, 6.07) is 8.08. The summed E-state index contributed by atoms with van der Waals surface area (Å²) in [4.78, 5) is 14.4. The summed E-state index contributed by atoms with van der Waals surface area (Å²) in [6.45, 7) is 3.59. The van der Waals surface area contributed by atoms with Crippen molar-refractivity contribution in [1.29, 1.82) is 0 Å². The summed E-state index contributed by atoms with van der Waals surface area (Å²) >= 11 is 2.25. The van der Waals surface area contributed by atoms with Crippen LogP contribution in [0.4, 0.5) is 0 Å². The van der Waals surface area contributed by atoms with Gasteiger partial charge in [-0.05, 0) is 79.1 Å². The molecule has 0 aromatic heterocycles. The SMILES string of the molecule is CC1CCC(CN)CN1C(=O)c1ccc(I)cc1. The molecule has 0 saturated carbocycles. The Balaban J connectivity index is 2.13. The molecule has 1 aromatic carbocycles. The Morgan fingerprint density at radius 2 is 2.06 bits per heavy atom. The number of hydrogen-bond donors (Lipinski definition) is 1. The molecule has 1 amide bonds. The van der Waals surface area contributed by atoms with Gasteiger partial charge in [-0.3, -0.25) is 4.79 Å². The monoisotopic (exact) mass is 358 g/mol. The lowest BCUT2D eigenvalue weighted by Gasteiger charge is -2.37. The van der Waals surface area contributed by atoms with Gasteiger partial charge in [-0.1, -0.05) is 0 Å². The molecule has 0 aliphatic carbocycles. The molecule has 1 aliphatic heterocycles. The van der Waals surface area contributed by atoms with Gasteiger partial charge in [0, 0.05) is 21.7 Å². The second-order valence-electron chi connectivity index (χ2n) is 4.99. The molecule has 1 aromatic rings. The Kier molecular flexibility index (Phi) is 4.61. The number of hydrogen-bond acceptors (Lipinski definition) is 2. The van der Waals surface area contributed by atoms with Crippen LogP contribution in [0.3, 0.4) is 0 Å². The highest BCUT2D eigenvalue weighted by molar-refractivity contribution is 14.1. The highest BCUT2D eigenvalue weighted by Crippen LogP contribution is 2.23. The van der Waals surface area contributed by atoms with Crippen LogP contribution in [0.2, 0.25) is 0 Å². The average Bonchev–Trinajstić information content (AvgIpc) is 2.39. The van der Waals surface area contributed by atoms with Crippen LogP contribution in [-0.4, -0.2) is 29.9 Å². The number of benzene rings is 1. The fourth-order valence-corrected chi connectivity index (χ4v) is 2.78. The number of rotatable bonds is 2. The molecular formula is C14H19IN2O. The van der Waals surface area contributed by atoms with Crippen LogP contribution < -0.4 is 5.73 Å². The Morgan fingerprint density at radius 3 is 2.67 bits per heavy atom. The molecule has 2 N–H and O–H groups in total. The van der Waals surface area contributed by atoms with Crippen molar-refractivity contribution in [2.75, 3.05) is 13.1 Å². The van der Waals surface area contributed by atoms with Crippen LogP contribution >= 0.6 is 22.6 Å². The van der Waals surface area contributed by atoms with E-state index >= 15 is 0 Å². The third kappa shape index (κ3) is 3.03. The summed E-state index contributed by atoms with van der Waals surface area (Å²) in [7, 11) is 0. The number of nitrogens with zero attached hydrogens (tertiary/aromatic N) is 1. The number of likely N-dealkylation sites (tertiary alicyclic amines) is 1. The Hall–Kier alpha value is -0.620. The highest BCUT2D eigenvalue weighted by Gasteiger charge is 2.28. The molecule has 2 atom stereocenters. The van der Waals surface area contributed by atoms with E-state index in [-0.39, 0.29) is 5.91 Å². The largest absolute Gasteiger partial charge is 0.336 e. The zero-order valence-corrected chi connectivity index (χ0v) is 12.8. The van der Waals surface area contributed by atoms with E-state index in [0.717, 1.165) is 28.5 Å². The lowest BCUT2D eigenvalue weighted by atomic mass is 9.93. The van der Waals surface area contributed by atoms with Gasteiger partial charge in [-0.25, -0.2) is 0 Å². The second-order valence-corrected chi connectivity index (χ2v) is 6.24. The number of piperidine rings is 1. The van der Waals surface area contributed by atoms with E-state index in [0.29, 0.717) is 18.5 Å². The summed E-state index contributed by atoms with van der Waals surface area (Å²) in [6.07, 6.45) is 2.19. The van der Waals surface area contributed by atoms with Gasteiger partial charge in [0.25, 0.3) is 5.91 Å². The third-order valence-electron chi connectivity index (χ3n) is 3.67. The minimum atomic E-state index is 0.136. The maximum Gasteiger partial charge on any atom is 0.254 e. The van der Waals surface area contributed by atoms with Gasteiger partial charge in [0.1, 0.15) is 0 Å². The molecule has 98 valence electrons. The van der Waals surface area contributed by atoms with Crippen LogP contribution in [0.1, 0.15) is 30.1 Å². The van der Waals surface area contributed by atoms with Crippen molar-refractivity contribution in [2.24, 2.45) is 11.7 Å². The summed E-state index contributed by atoms with van der Waals surface area (Å²) in [5.74, 6) is 0.589. The molecule has 2 rings (SSSR count). The number of nitrogens with two attached hydrogens (primary N) is 1. The normalized spacial score (nSPS) is 24.1. The van der Waals surface area contributed by atoms with Gasteiger partial charge in [0.05, 0.1) is 0 Å². The van der Waals surface area contributed by atoms with Crippen molar-refractivity contribution >= 4 is 28.5 Å². The molecule has 1 saturated heterocycles. The Morgan fingerprint density at radius 1 is 1.39 bits per heavy atom. The molecule has 0 spiro atoms. The topological polar surface area (TPSA) is 46.3 Å². The molecule has 2 unspecified atom stereocenters. The molecule has 1 aliphatic rings. The van der Waals surface area contributed by atoms with E-state index < -0.39 is 0 Å². The molecule has 4 heteroatoms. The maximum atomic E-state index is 12.5. The lowest BCUT2D eigenvalue weighted by Crippen LogP contribution is -2.47. The molecule has 1 fully saturated rings. The number of carbonyl (C=O) groups is 1. The first-order valence-corrected chi connectivity index (χ1v) is 7.46. The van der Waals surface area contributed by atoms with E-state index in [1.807, 2.05) is 29.2 Å². The number of amides is 1. The molecule has 18 heavy (non-hydrogen) atoms. The highest BCUT2D eigenvalue weighted by atomic mass is 127. The molecule has 0 bridgehead atoms. The maximum absolute atomic E-state index is 12.5. The summed E-state index contributed by atoms with van der Waals surface area (Å²) < 4.78 is 1.15. The standard InChI is InChI=1S/C14H19IN2O/c1-10-2-3-11(8-16)9-17(10)14(18)12-4-6-13(15)7-5-12/h4-7,10-11H,2-3,8-9,16H2,1H3. The minimum Gasteiger partial charge on any atom is -0.336 e. The van der Waals surface area contributed by atoms with Gasteiger partial charge < -0.3 is 10.6 Å². The summed E-state index contributed by atoms with van der Waals surface area (Å²) in [5, 5.41) is 0. The van der Waals surface area contributed by atoms with Crippen molar-refractivity contribution in [2.45, 2.75) is 25.8 Å². The van der Waals surface area contributed by atoms with E-state index in [1.54, 1.807) is 0 Å². The van der Waals surface area contributed by atoms with Crippen molar-refractivity contribution in [3.8, 4) is 0 Å². The average molecular weight is 358 g/mol. The summed E-state index contributed by atoms with van der Waals surface area (Å²) in [5.41, 5.74) is 6.51. The van der Waals surface area contributed by atoms with Gasteiger partial charge >= 0.3 is 0 Å². The van der Waals surface area contributed by atoms with Crippen molar-refractivity contribution < 1.29 is 4.79 Å². The third-order valence-corrected chi connectivity index (χ3v) is 4.38. The van der Waals surface area contributed by atoms with Crippen molar-refractivity contribution in [3.63, 3.8) is 0 Å². The van der Waals surface area contributed by atoms with Gasteiger partial charge in [-0.2, -0.15) is 0 Å². The first-order valence-electron chi connectivity index (χ1n) is 6.38. The van der Waals surface area contributed by atoms with E-state index in [2.05, 4.69) is 29.5 Å². The van der Waals surface area contributed by atoms with E-state index in [9.17, 15) is 4.79 Å². The predicted molar refractivity (Wildman–Crippen MR) is 81.4 cm³/mol. The van der Waals surface area contributed by atoms with Gasteiger partial charge in [0.15, 0.2) is 0 Å². The molecule has 0 radical (unpaired) electrons. The van der Waals surface area contributed by atoms with Crippen LogP contribution in [0.25, 0.3) is 0 Å². The number of halogens is 1. The Bertz CT molecular complexity index is 418. The zero-order chi connectivity index (χ0) is 13.1. The predicted octanol–water partition coefficient (Wildman–Crippen LogP) is 2.49. The quantitative estimate of drug-likeness (QED) is 0.826. The van der Waals surface area contributed by atoms with Crippen LogP contribution in [0.5, 0.6) is 0 Å². The van der Waals surface area contributed by atoms with Crippen LogP contribution in [-0.2, 0) is 0 Å². The lowest BCUT2D eigenvalue weighted by molar-refractivity contribution is 0.0567. The minimum absolute atomic E-state index is 0.136. The van der Waals surface area contributed by atoms with E-state index in [1.165, 1.54) is 0 Å².